The van der Waals surface area contributed by atoms with E-state index in [1.54, 1.807) is 6.26 Å². The van der Waals surface area contributed by atoms with Crippen LogP contribution in [0, 0.1) is 17.1 Å². The van der Waals surface area contributed by atoms with E-state index in [2.05, 4.69) is 0 Å². The summed E-state index contributed by atoms with van der Waals surface area (Å²) in [5, 5.41) is 8.94. The molecule has 0 aliphatic heterocycles. The molecule has 0 saturated heterocycles. The third-order valence-electron chi connectivity index (χ3n) is 1.37. The van der Waals surface area contributed by atoms with Crippen molar-refractivity contribution in [2.45, 2.75) is 4.90 Å². The Bertz CT molecular complexity index is 346. The monoisotopic (exact) mass is 201 g/mol. The maximum atomic E-state index is 13.0. The van der Waals surface area contributed by atoms with E-state index in [9.17, 15) is 4.39 Å². The Labute approximate surface area is 79.1 Å². The third kappa shape index (κ3) is 1.55. The summed E-state index contributed by atoms with van der Waals surface area (Å²) in [6.07, 6.45) is 1.70. The lowest BCUT2D eigenvalue weighted by Crippen LogP contribution is -1.87. The molecule has 0 aliphatic carbocycles. The van der Waals surface area contributed by atoms with Crippen LogP contribution in [0.15, 0.2) is 17.0 Å². The Morgan fingerprint density at radius 3 is 2.67 bits per heavy atom. The number of rotatable bonds is 1. The lowest BCUT2D eigenvalue weighted by molar-refractivity contribution is 0.601. The molecule has 12 heavy (non-hydrogen) atoms. The molecule has 0 amide bonds. The topological polar surface area (TPSA) is 23.8 Å². The molecule has 0 bridgehead atoms. The second-order valence-corrected chi connectivity index (χ2v) is 3.27. The minimum atomic E-state index is -0.400. The van der Waals surface area contributed by atoms with Gasteiger partial charge in [0.15, 0.2) is 0 Å². The second-order valence-electron chi connectivity index (χ2n) is 2.05. The predicted molar refractivity (Wildman–Crippen MR) is 47.9 cm³/mol. The van der Waals surface area contributed by atoms with Crippen LogP contribution in [0.2, 0.25) is 5.02 Å². The normalized spacial score (nSPS) is 9.50. The average molecular weight is 202 g/mol. The number of hydrogen-bond donors (Lipinski definition) is 0. The van der Waals surface area contributed by atoms with E-state index in [4.69, 9.17) is 16.9 Å². The van der Waals surface area contributed by atoms with Crippen LogP contribution in [0.4, 0.5) is 4.39 Å². The van der Waals surface area contributed by atoms with E-state index >= 15 is 0 Å². The van der Waals surface area contributed by atoms with Gasteiger partial charge in [0.05, 0.1) is 15.5 Å². The van der Waals surface area contributed by atoms with Crippen molar-refractivity contribution in [1.82, 2.24) is 0 Å². The Morgan fingerprint density at radius 1 is 1.58 bits per heavy atom. The van der Waals surface area contributed by atoms with Crippen molar-refractivity contribution in [1.29, 1.82) is 5.26 Å². The standard InChI is InChI=1S/C8H5ClFNS/c1-12-8-5(4-11)6(9)2-3-7(8)10/h2-3H,1H3. The van der Waals surface area contributed by atoms with E-state index in [0.717, 1.165) is 0 Å². The first-order chi connectivity index (χ1) is 5.70. The van der Waals surface area contributed by atoms with Crippen LogP contribution in [0.5, 0.6) is 0 Å². The highest BCUT2D eigenvalue weighted by Crippen LogP contribution is 2.28. The Morgan fingerprint density at radius 2 is 2.25 bits per heavy atom. The SMILES string of the molecule is CSc1c(F)ccc(Cl)c1C#N. The quantitative estimate of drug-likeness (QED) is 0.652. The van der Waals surface area contributed by atoms with Gasteiger partial charge in [0.2, 0.25) is 0 Å². The number of hydrogen-bond acceptors (Lipinski definition) is 2. The van der Waals surface area contributed by atoms with Gasteiger partial charge in [-0.1, -0.05) is 11.6 Å². The summed E-state index contributed by atoms with van der Waals surface area (Å²) >= 11 is 6.86. The van der Waals surface area contributed by atoms with Crippen molar-refractivity contribution in [3.63, 3.8) is 0 Å². The second kappa shape index (κ2) is 3.79. The van der Waals surface area contributed by atoms with Crippen molar-refractivity contribution >= 4 is 23.4 Å². The summed E-state index contributed by atoms with van der Waals surface area (Å²) < 4.78 is 13.0. The van der Waals surface area contributed by atoms with Crippen molar-refractivity contribution in [2.24, 2.45) is 0 Å². The highest BCUT2D eigenvalue weighted by Gasteiger charge is 2.10. The molecule has 0 fully saturated rings. The zero-order chi connectivity index (χ0) is 9.14. The highest BCUT2D eigenvalue weighted by atomic mass is 35.5. The molecule has 1 rings (SSSR count). The lowest BCUT2D eigenvalue weighted by Gasteiger charge is -2.02. The molecule has 0 aliphatic rings. The first-order valence-electron chi connectivity index (χ1n) is 3.12. The molecule has 1 aromatic carbocycles. The molecule has 0 atom stereocenters. The van der Waals surface area contributed by atoms with Crippen molar-refractivity contribution in [3.05, 3.63) is 28.5 Å². The van der Waals surface area contributed by atoms with E-state index in [1.165, 1.54) is 23.9 Å². The fourth-order valence-electron chi connectivity index (χ4n) is 0.837. The Kier molecular flexibility index (Phi) is 2.96. The molecule has 0 radical (unpaired) electrons. The molecule has 0 heterocycles. The van der Waals surface area contributed by atoms with E-state index in [0.29, 0.717) is 9.92 Å². The summed E-state index contributed by atoms with van der Waals surface area (Å²) in [6, 6.07) is 4.51. The van der Waals surface area contributed by atoms with E-state index < -0.39 is 5.82 Å². The minimum absolute atomic E-state index is 0.212. The van der Waals surface area contributed by atoms with Gasteiger partial charge in [-0.2, -0.15) is 5.26 Å². The average Bonchev–Trinajstić information content (AvgIpc) is 2.08. The van der Waals surface area contributed by atoms with Crippen LogP contribution in [-0.4, -0.2) is 6.26 Å². The summed E-state index contributed by atoms with van der Waals surface area (Å²) in [4.78, 5) is 0.310. The minimum Gasteiger partial charge on any atom is -0.206 e. The number of nitrogens with zero attached hydrogens (tertiary/aromatic N) is 1. The van der Waals surface area contributed by atoms with Gasteiger partial charge in [0, 0.05) is 0 Å². The van der Waals surface area contributed by atoms with Gasteiger partial charge in [0.1, 0.15) is 11.9 Å². The fraction of sp³-hybridized carbons (Fsp3) is 0.125. The Balaban J connectivity index is 3.41. The molecular formula is C8H5ClFNS. The van der Waals surface area contributed by atoms with Gasteiger partial charge in [-0.15, -0.1) is 11.8 Å². The predicted octanol–water partition coefficient (Wildman–Crippen LogP) is 3.07. The van der Waals surface area contributed by atoms with Gasteiger partial charge >= 0.3 is 0 Å². The first-order valence-corrected chi connectivity index (χ1v) is 4.73. The number of halogens is 2. The van der Waals surface area contributed by atoms with Crippen LogP contribution in [0.25, 0.3) is 0 Å². The largest absolute Gasteiger partial charge is 0.206 e. The molecule has 0 saturated carbocycles. The summed E-state index contributed by atoms with van der Waals surface area (Å²) in [6.45, 7) is 0. The molecule has 0 N–H and O–H groups in total. The van der Waals surface area contributed by atoms with E-state index in [1.807, 2.05) is 6.07 Å². The van der Waals surface area contributed by atoms with E-state index in [-0.39, 0.29) is 5.56 Å². The van der Waals surface area contributed by atoms with Gasteiger partial charge in [-0.05, 0) is 18.4 Å². The van der Waals surface area contributed by atoms with Crippen LogP contribution in [0.3, 0.4) is 0 Å². The van der Waals surface area contributed by atoms with Crippen LogP contribution in [0.1, 0.15) is 5.56 Å². The van der Waals surface area contributed by atoms with Crippen molar-refractivity contribution < 1.29 is 4.39 Å². The van der Waals surface area contributed by atoms with Gasteiger partial charge < -0.3 is 0 Å². The Hall–Kier alpha value is -0.720. The van der Waals surface area contributed by atoms with Crippen molar-refractivity contribution in [2.75, 3.05) is 6.26 Å². The maximum absolute atomic E-state index is 13.0. The summed E-state index contributed by atoms with van der Waals surface area (Å²) in [5.74, 6) is -0.400. The molecule has 1 aromatic rings. The molecular weight excluding hydrogens is 197 g/mol. The van der Waals surface area contributed by atoms with Crippen LogP contribution in [-0.2, 0) is 0 Å². The molecule has 0 unspecified atom stereocenters. The molecule has 4 heteroatoms. The van der Waals surface area contributed by atoms with Crippen LogP contribution < -0.4 is 0 Å². The highest BCUT2D eigenvalue weighted by molar-refractivity contribution is 7.98. The smallest absolute Gasteiger partial charge is 0.138 e. The van der Waals surface area contributed by atoms with Gasteiger partial charge in [0.25, 0.3) is 0 Å². The zero-order valence-corrected chi connectivity index (χ0v) is 7.84. The molecule has 0 spiro atoms. The fourth-order valence-corrected chi connectivity index (χ4v) is 1.72. The zero-order valence-electron chi connectivity index (χ0n) is 6.27. The molecule has 1 nitrogen and oxygen atoms in total. The molecule has 0 aromatic heterocycles. The van der Waals surface area contributed by atoms with Gasteiger partial charge in [-0.3, -0.25) is 0 Å². The maximum Gasteiger partial charge on any atom is 0.138 e. The summed E-state index contributed by atoms with van der Waals surface area (Å²) in [7, 11) is 0. The summed E-state index contributed by atoms with van der Waals surface area (Å²) in [5.41, 5.74) is 0.212. The van der Waals surface area contributed by atoms with Gasteiger partial charge in [-0.25, -0.2) is 4.39 Å². The van der Waals surface area contributed by atoms with Crippen LogP contribution >= 0.6 is 23.4 Å². The first kappa shape index (κ1) is 9.37. The lowest BCUT2D eigenvalue weighted by atomic mass is 10.2. The third-order valence-corrected chi connectivity index (χ3v) is 2.50. The number of benzene rings is 1. The van der Waals surface area contributed by atoms with Crippen molar-refractivity contribution in [3.8, 4) is 6.07 Å². The number of thioether (sulfide) groups is 1. The number of nitriles is 1. The molecule has 62 valence electrons.